The van der Waals surface area contributed by atoms with Gasteiger partial charge in [-0.2, -0.15) is 0 Å². The molecule has 0 unspecified atom stereocenters. The van der Waals surface area contributed by atoms with E-state index >= 15 is 0 Å². The lowest BCUT2D eigenvalue weighted by molar-refractivity contribution is -0.0185. The Morgan fingerprint density at radius 1 is 0.348 bits per heavy atom. The molecule has 0 spiro atoms. The fourth-order valence-corrected chi connectivity index (χ4v) is 1.43. The summed E-state index contributed by atoms with van der Waals surface area (Å²) in [4.78, 5) is 0. The van der Waals surface area contributed by atoms with Gasteiger partial charge in [0.25, 0.3) is 0 Å². The van der Waals surface area contributed by atoms with E-state index in [9.17, 15) is 0 Å². The van der Waals surface area contributed by atoms with Crippen molar-refractivity contribution in [3.05, 3.63) is 0 Å². The molecule has 0 saturated heterocycles. The molecule has 0 aliphatic heterocycles. The summed E-state index contributed by atoms with van der Waals surface area (Å²) in [5.74, 6) is 0. The fraction of sp³-hybridized carbons (Fsp3) is 1.00. The summed E-state index contributed by atoms with van der Waals surface area (Å²) < 4.78 is 31.5. The van der Waals surface area contributed by atoms with Crippen molar-refractivity contribution in [2.24, 2.45) is 0 Å². The van der Waals surface area contributed by atoms with Crippen LogP contribution in [0.3, 0.4) is 0 Å². The summed E-state index contributed by atoms with van der Waals surface area (Å²) in [6, 6.07) is 0. The Labute approximate surface area is 138 Å². The predicted octanol–water partition coefficient (Wildman–Crippen LogP) is -0.539. The van der Waals surface area contributed by atoms with E-state index in [0.717, 1.165) is 0 Å². The van der Waals surface area contributed by atoms with Crippen molar-refractivity contribution >= 4 is 0 Å². The molecule has 0 bridgehead atoms. The van der Waals surface area contributed by atoms with Crippen LogP contribution in [0, 0.1) is 0 Å². The number of hydrogen-bond donors (Lipinski definition) is 2. The van der Waals surface area contributed by atoms with Gasteiger partial charge in [0.2, 0.25) is 0 Å². The summed E-state index contributed by atoms with van der Waals surface area (Å²) in [7, 11) is 0. The molecule has 0 rings (SSSR count). The lowest BCUT2D eigenvalue weighted by Gasteiger charge is -2.08. The van der Waals surface area contributed by atoms with Crippen molar-refractivity contribution in [1.29, 1.82) is 0 Å². The van der Waals surface area contributed by atoms with Gasteiger partial charge in [0.05, 0.1) is 79.3 Å². The highest BCUT2D eigenvalue weighted by Crippen LogP contribution is 1.85. The van der Waals surface area contributed by atoms with E-state index in [0.29, 0.717) is 85.7 Å². The summed E-state index contributed by atoms with van der Waals surface area (Å²) in [6.07, 6.45) is 0.658. The first kappa shape index (κ1) is 22.7. The second-order valence-electron chi connectivity index (χ2n) is 4.48. The van der Waals surface area contributed by atoms with Crippen LogP contribution < -0.4 is 0 Å². The van der Waals surface area contributed by atoms with Gasteiger partial charge in [0, 0.05) is 13.2 Å². The Kier molecular flexibility index (Phi) is 21.4. The Hall–Kier alpha value is -0.320. The van der Waals surface area contributed by atoms with Gasteiger partial charge in [-0.05, 0) is 6.42 Å². The van der Waals surface area contributed by atoms with Gasteiger partial charge in [-0.15, -0.1) is 0 Å². The molecule has 0 saturated carbocycles. The van der Waals surface area contributed by atoms with Gasteiger partial charge in [-0.1, -0.05) is 0 Å². The molecule has 140 valence electrons. The highest BCUT2D eigenvalue weighted by Gasteiger charge is 1.94. The molecule has 8 nitrogen and oxygen atoms in total. The molecular weight excluding hydrogens is 308 g/mol. The van der Waals surface area contributed by atoms with Crippen LogP contribution in [0.4, 0.5) is 0 Å². The zero-order valence-corrected chi connectivity index (χ0v) is 14.0. The van der Waals surface area contributed by atoms with Crippen molar-refractivity contribution in [2.45, 2.75) is 6.42 Å². The maximum absolute atomic E-state index is 8.55. The normalized spacial score (nSPS) is 11.2. The van der Waals surface area contributed by atoms with Crippen molar-refractivity contribution < 1.29 is 38.6 Å². The van der Waals surface area contributed by atoms with E-state index in [1.165, 1.54) is 0 Å². The second kappa shape index (κ2) is 21.7. The van der Waals surface area contributed by atoms with Crippen LogP contribution in [-0.2, 0) is 28.4 Å². The van der Waals surface area contributed by atoms with Crippen LogP contribution in [0.25, 0.3) is 0 Å². The molecule has 0 aliphatic carbocycles. The average molecular weight is 340 g/mol. The van der Waals surface area contributed by atoms with Gasteiger partial charge in [0.15, 0.2) is 0 Å². The largest absolute Gasteiger partial charge is 0.396 e. The third-order valence-corrected chi connectivity index (χ3v) is 2.54. The Balaban J connectivity index is 2.92. The van der Waals surface area contributed by atoms with Gasteiger partial charge < -0.3 is 38.6 Å². The topological polar surface area (TPSA) is 95.8 Å². The highest BCUT2D eigenvalue weighted by atomic mass is 16.6. The van der Waals surface area contributed by atoms with Gasteiger partial charge in [-0.3, -0.25) is 0 Å². The summed E-state index contributed by atoms with van der Waals surface area (Å²) in [5.41, 5.74) is 0. The lowest BCUT2D eigenvalue weighted by atomic mass is 10.5. The van der Waals surface area contributed by atoms with Crippen LogP contribution in [0.1, 0.15) is 6.42 Å². The van der Waals surface area contributed by atoms with Crippen molar-refractivity contribution in [1.82, 2.24) is 0 Å². The number of aliphatic hydroxyl groups excluding tert-OH is 2. The number of aliphatic hydroxyl groups is 2. The minimum Gasteiger partial charge on any atom is -0.396 e. The smallest absolute Gasteiger partial charge is 0.0701 e. The molecule has 0 amide bonds. The minimum atomic E-state index is 0.0343. The van der Waals surface area contributed by atoms with Crippen molar-refractivity contribution in [3.63, 3.8) is 0 Å². The standard InChI is InChI=1S/C15H32O8/c16-2-1-4-18-6-8-20-10-12-22-14-15-23-13-11-21-9-7-19-5-3-17/h16-17H,1-15H2. The van der Waals surface area contributed by atoms with Crippen LogP contribution in [0.5, 0.6) is 0 Å². The first-order chi connectivity index (χ1) is 11.4. The summed E-state index contributed by atoms with van der Waals surface area (Å²) >= 11 is 0. The monoisotopic (exact) mass is 340 g/mol. The molecular formula is C15H32O8. The maximum Gasteiger partial charge on any atom is 0.0701 e. The molecule has 0 aromatic heterocycles. The molecule has 0 atom stereocenters. The zero-order valence-electron chi connectivity index (χ0n) is 14.0. The Morgan fingerprint density at radius 2 is 0.652 bits per heavy atom. The van der Waals surface area contributed by atoms with Crippen LogP contribution in [0.2, 0.25) is 0 Å². The quantitative estimate of drug-likeness (QED) is 0.285. The predicted molar refractivity (Wildman–Crippen MR) is 83.7 cm³/mol. The van der Waals surface area contributed by atoms with E-state index in [4.69, 9.17) is 38.6 Å². The highest BCUT2D eigenvalue weighted by molar-refractivity contribution is 4.37. The third kappa shape index (κ3) is 21.7. The molecule has 0 aromatic rings. The zero-order chi connectivity index (χ0) is 16.8. The van der Waals surface area contributed by atoms with Crippen molar-refractivity contribution in [3.8, 4) is 0 Å². The first-order valence-corrected chi connectivity index (χ1v) is 8.10. The van der Waals surface area contributed by atoms with Crippen molar-refractivity contribution in [2.75, 3.05) is 92.5 Å². The molecule has 0 heterocycles. The van der Waals surface area contributed by atoms with Gasteiger partial charge in [-0.25, -0.2) is 0 Å². The number of rotatable bonds is 20. The molecule has 0 aliphatic rings. The maximum atomic E-state index is 8.55. The second-order valence-corrected chi connectivity index (χ2v) is 4.48. The number of ether oxygens (including phenoxy) is 6. The van der Waals surface area contributed by atoms with E-state index in [1.807, 2.05) is 0 Å². The molecule has 0 aromatic carbocycles. The lowest BCUT2D eigenvalue weighted by Crippen LogP contribution is -2.14. The first-order valence-electron chi connectivity index (χ1n) is 8.10. The Morgan fingerprint density at radius 3 is 0.957 bits per heavy atom. The average Bonchev–Trinajstić information content (AvgIpc) is 2.57. The van der Waals surface area contributed by atoms with E-state index < -0.39 is 0 Å². The SMILES string of the molecule is OCCCOCCOCCOCCOCCOCCOCCO. The van der Waals surface area contributed by atoms with Crippen LogP contribution in [0.15, 0.2) is 0 Å². The molecule has 8 heteroatoms. The molecule has 0 fully saturated rings. The van der Waals surface area contributed by atoms with E-state index in [1.54, 1.807) is 0 Å². The van der Waals surface area contributed by atoms with Gasteiger partial charge >= 0.3 is 0 Å². The number of hydrogen-bond acceptors (Lipinski definition) is 8. The summed E-state index contributed by atoms with van der Waals surface area (Å²) in [5, 5.41) is 17.0. The van der Waals surface area contributed by atoms with Crippen LogP contribution >= 0.6 is 0 Å². The minimum absolute atomic E-state index is 0.0343. The van der Waals surface area contributed by atoms with Gasteiger partial charge in [0.1, 0.15) is 0 Å². The van der Waals surface area contributed by atoms with Crippen LogP contribution in [-0.4, -0.2) is 103 Å². The third-order valence-electron chi connectivity index (χ3n) is 2.54. The Bertz CT molecular complexity index is 186. The van der Waals surface area contributed by atoms with E-state index in [-0.39, 0.29) is 13.2 Å². The molecule has 0 radical (unpaired) electrons. The van der Waals surface area contributed by atoms with E-state index in [2.05, 4.69) is 0 Å². The fourth-order valence-electron chi connectivity index (χ4n) is 1.43. The molecule has 23 heavy (non-hydrogen) atoms. The summed E-state index contributed by atoms with van der Waals surface area (Å²) in [6.45, 7) is 6.28. The molecule has 2 N–H and O–H groups in total.